The molecule has 1 aliphatic heterocycles. The summed E-state index contributed by atoms with van der Waals surface area (Å²) >= 11 is 1.83. The van der Waals surface area contributed by atoms with Crippen LogP contribution in [0.3, 0.4) is 0 Å². The summed E-state index contributed by atoms with van der Waals surface area (Å²) in [7, 11) is 1.91. The van der Waals surface area contributed by atoms with Gasteiger partial charge < -0.3 is 15.1 Å². The molecule has 2 aromatic rings. The van der Waals surface area contributed by atoms with Gasteiger partial charge in [-0.3, -0.25) is 4.99 Å². The first kappa shape index (κ1) is 16.2. The Bertz CT molecular complexity index is 792. The zero-order valence-electron chi connectivity index (χ0n) is 15.3. The van der Waals surface area contributed by atoms with E-state index in [-0.39, 0.29) is 0 Å². The molecule has 1 saturated heterocycles. The molecule has 2 heterocycles. The second-order valence-corrected chi connectivity index (χ2v) is 8.54. The monoisotopic (exact) mass is 366 g/mol. The van der Waals surface area contributed by atoms with Crippen LogP contribution in [0.2, 0.25) is 0 Å². The van der Waals surface area contributed by atoms with Crippen LogP contribution in [0.1, 0.15) is 17.0 Å². The molecule has 1 aromatic carbocycles. The number of fused-ring (bicyclic) bond motifs is 3. The third-order valence-corrected chi connectivity index (χ3v) is 7.24. The van der Waals surface area contributed by atoms with Crippen molar-refractivity contribution in [1.82, 2.24) is 10.2 Å². The standard InChI is InChI=1S/C21H26N4S/c1-22-21(25-10-8-24(9-11-25)19-7-4-12-26-19)23-14-18-17-13-15-5-2-3-6-16(15)20(17)18/h2-7,12,17-18,20H,8-11,13-14H2,1H3,(H,22,23). The Morgan fingerprint density at radius 3 is 2.77 bits per heavy atom. The van der Waals surface area contributed by atoms with Crippen LogP contribution in [0.25, 0.3) is 0 Å². The van der Waals surface area contributed by atoms with Crippen LogP contribution in [-0.2, 0) is 6.42 Å². The molecular weight excluding hydrogens is 340 g/mol. The summed E-state index contributed by atoms with van der Waals surface area (Å²) in [4.78, 5) is 9.45. The number of piperazine rings is 1. The van der Waals surface area contributed by atoms with Gasteiger partial charge in [0.2, 0.25) is 0 Å². The average molecular weight is 367 g/mol. The van der Waals surface area contributed by atoms with Gasteiger partial charge in [-0.1, -0.05) is 24.3 Å². The lowest BCUT2D eigenvalue weighted by Crippen LogP contribution is -2.52. The molecule has 1 aromatic heterocycles. The van der Waals surface area contributed by atoms with E-state index in [2.05, 4.69) is 61.9 Å². The maximum atomic E-state index is 4.55. The van der Waals surface area contributed by atoms with Crippen LogP contribution in [0.15, 0.2) is 46.8 Å². The van der Waals surface area contributed by atoms with Crippen molar-refractivity contribution < 1.29 is 0 Å². The summed E-state index contributed by atoms with van der Waals surface area (Å²) in [6.07, 6.45) is 1.27. The predicted octanol–water partition coefficient (Wildman–Crippen LogP) is 3.03. The van der Waals surface area contributed by atoms with Crippen molar-refractivity contribution in [3.63, 3.8) is 0 Å². The maximum absolute atomic E-state index is 4.55. The third-order valence-electron chi connectivity index (χ3n) is 6.31. The van der Waals surface area contributed by atoms with Gasteiger partial charge in [0.15, 0.2) is 5.96 Å². The third kappa shape index (κ3) is 2.78. The molecule has 4 nitrogen and oxygen atoms in total. The van der Waals surface area contributed by atoms with E-state index < -0.39 is 0 Å². The number of nitrogens with one attached hydrogen (secondary N) is 1. The Morgan fingerprint density at radius 1 is 1.15 bits per heavy atom. The minimum Gasteiger partial charge on any atom is -0.360 e. The highest BCUT2D eigenvalue weighted by molar-refractivity contribution is 7.14. The van der Waals surface area contributed by atoms with Crippen LogP contribution in [0.5, 0.6) is 0 Å². The molecule has 0 spiro atoms. The zero-order valence-corrected chi connectivity index (χ0v) is 16.1. The van der Waals surface area contributed by atoms with Gasteiger partial charge in [-0.25, -0.2) is 0 Å². The summed E-state index contributed by atoms with van der Waals surface area (Å²) in [5.74, 6) is 3.50. The lowest BCUT2D eigenvalue weighted by Gasteiger charge is -2.37. The molecule has 0 radical (unpaired) electrons. The normalized spacial score (nSPS) is 27.3. The number of benzene rings is 1. The van der Waals surface area contributed by atoms with E-state index in [1.807, 2.05) is 18.4 Å². The van der Waals surface area contributed by atoms with Crippen molar-refractivity contribution in [3.8, 4) is 0 Å². The number of guanidine groups is 1. The molecule has 0 bridgehead atoms. The largest absolute Gasteiger partial charge is 0.360 e. The average Bonchev–Trinajstić information content (AvgIpc) is 3.07. The molecule has 5 rings (SSSR count). The van der Waals surface area contributed by atoms with E-state index in [0.717, 1.165) is 56.4 Å². The molecule has 26 heavy (non-hydrogen) atoms. The molecule has 2 fully saturated rings. The molecule has 136 valence electrons. The van der Waals surface area contributed by atoms with Gasteiger partial charge in [0, 0.05) is 39.8 Å². The van der Waals surface area contributed by atoms with E-state index in [1.54, 1.807) is 11.1 Å². The fourth-order valence-electron chi connectivity index (χ4n) is 4.89. The Balaban J connectivity index is 1.14. The van der Waals surface area contributed by atoms with Crippen molar-refractivity contribution in [3.05, 3.63) is 52.9 Å². The van der Waals surface area contributed by atoms with Crippen molar-refractivity contribution >= 4 is 22.3 Å². The quantitative estimate of drug-likeness (QED) is 0.669. The van der Waals surface area contributed by atoms with Crippen LogP contribution >= 0.6 is 11.3 Å². The minimum absolute atomic E-state index is 0.785. The minimum atomic E-state index is 0.785. The molecule has 1 saturated carbocycles. The molecule has 2 aliphatic carbocycles. The van der Waals surface area contributed by atoms with Crippen molar-refractivity contribution in [2.24, 2.45) is 16.8 Å². The number of hydrogen-bond donors (Lipinski definition) is 1. The number of anilines is 1. The van der Waals surface area contributed by atoms with Gasteiger partial charge in [-0.2, -0.15) is 0 Å². The van der Waals surface area contributed by atoms with Gasteiger partial charge in [0.05, 0.1) is 5.00 Å². The van der Waals surface area contributed by atoms with Gasteiger partial charge >= 0.3 is 0 Å². The first-order valence-corrected chi connectivity index (χ1v) is 10.5. The fraction of sp³-hybridized carbons (Fsp3) is 0.476. The van der Waals surface area contributed by atoms with E-state index in [9.17, 15) is 0 Å². The van der Waals surface area contributed by atoms with Crippen molar-refractivity contribution in [1.29, 1.82) is 0 Å². The molecule has 3 aliphatic rings. The second-order valence-electron chi connectivity index (χ2n) is 7.61. The lowest BCUT2D eigenvalue weighted by atomic mass is 10.0. The lowest BCUT2D eigenvalue weighted by molar-refractivity contribution is 0.372. The predicted molar refractivity (Wildman–Crippen MR) is 109 cm³/mol. The molecule has 5 heteroatoms. The summed E-state index contributed by atoms with van der Waals surface area (Å²) in [5.41, 5.74) is 3.18. The molecule has 3 unspecified atom stereocenters. The van der Waals surface area contributed by atoms with Gasteiger partial charge in [0.25, 0.3) is 0 Å². The maximum Gasteiger partial charge on any atom is 0.193 e. The number of aliphatic imine (C=N–C) groups is 1. The highest BCUT2D eigenvalue weighted by Gasteiger charge is 2.55. The van der Waals surface area contributed by atoms with Crippen molar-refractivity contribution in [2.75, 3.05) is 44.7 Å². The molecule has 3 atom stereocenters. The number of hydrogen-bond acceptors (Lipinski definition) is 3. The summed E-state index contributed by atoms with van der Waals surface area (Å²) in [5, 5.41) is 7.22. The summed E-state index contributed by atoms with van der Waals surface area (Å²) < 4.78 is 0. The fourth-order valence-corrected chi connectivity index (χ4v) is 5.68. The summed E-state index contributed by atoms with van der Waals surface area (Å²) in [6.45, 7) is 5.28. The van der Waals surface area contributed by atoms with E-state index in [4.69, 9.17) is 0 Å². The van der Waals surface area contributed by atoms with E-state index in [1.165, 1.54) is 11.4 Å². The van der Waals surface area contributed by atoms with Gasteiger partial charge in [0.1, 0.15) is 0 Å². The number of nitrogens with zero attached hydrogens (tertiary/aromatic N) is 3. The SMILES string of the molecule is CN=C(NCC1C2Cc3ccccc3C12)N1CCN(c2cccs2)CC1. The van der Waals surface area contributed by atoms with Crippen molar-refractivity contribution in [2.45, 2.75) is 12.3 Å². The van der Waals surface area contributed by atoms with Gasteiger partial charge in [-0.15, -0.1) is 11.3 Å². The van der Waals surface area contributed by atoms with E-state index >= 15 is 0 Å². The number of thiophene rings is 1. The highest BCUT2D eigenvalue weighted by atomic mass is 32.1. The van der Waals surface area contributed by atoms with Crippen LogP contribution < -0.4 is 10.2 Å². The highest BCUT2D eigenvalue weighted by Crippen LogP contribution is 2.60. The Labute approximate surface area is 159 Å². The topological polar surface area (TPSA) is 30.9 Å². The van der Waals surface area contributed by atoms with Crippen LogP contribution in [-0.4, -0.2) is 50.6 Å². The zero-order chi connectivity index (χ0) is 17.5. The first-order chi connectivity index (χ1) is 12.8. The Morgan fingerprint density at radius 2 is 2.00 bits per heavy atom. The molecule has 0 amide bonds. The van der Waals surface area contributed by atoms with Crippen LogP contribution in [0.4, 0.5) is 5.00 Å². The van der Waals surface area contributed by atoms with Crippen LogP contribution in [0, 0.1) is 11.8 Å². The first-order valence-electron chi connectivity index (χ1n) is 9.67. The Hall–Kier alpha value is -2.01. The van der Waals surface area contributed by atoms with Gasteiger partial charge in [-0.05, 0) is 52.8 Å². The number of rotatable bonds is 3. The summed E-state index contributed by atoms with van der Waals surface area (Å²) in [6, 6.07) is 13.4. The second kappa shape index (κ2) is 6.62. The smallest absolute Gasteiger partial charge is 0.193 e. The Kier molecular flexibility index (Phi) is 4.12. The molecular formula is C21H26N4S. The van der Waals surface area contributed by atoms with E-state index in [0.29, 0.717) is 0 Å². The molecule has 1 N–H and O–H groups in total.